The Morgan fingerprint density at radius 2 is 1.93 bits per heavy atom. The number of methoxy groups -OCH3 is 2. The molecule has 9 heteroatoms. The van der Waals surface area contributed by atoms with Crippen molar-refractivity contribution >= 4 is 29.1 Å². The maximum atomic E-state index is 14.2. The van der Waals surface area contributed by atoms with E-state index < -0.39 is 11.8 Å². The summed E-state index contributed by atoms with van der Waals surface area (Å²) >= 11 is 5.95. The first-order valence-corrected chi connectivity index (χ1v) is 9.07. The highest BCUT2D eigenvalue weighted by Crippen LogP contribution is 2.30. The fourth-order valence-electron chi connectivity index (χ4n) is 2.31. The van der Waals surface area contributed by atoms with Crippen molar-refractivity contribution in [1.82, 2.24) is 15.0 Å². The minimum absolute atomic E-state index is 0.104. The van der Waals surface area contributed by atoms with Crippen LogP contribution in [0, 0.1) is 5.82 Å². The Morgan fingerprint density at radius 1 is 1.17 bits per heavy atom. The molecule has 0 aliphatic carbocycles. The summed E-state index contributed by atoms with van der Waals surface area (Å²) in [7, 11) is 2.71. The van der Waals surface area contributed by atoms with Gasteiger partial charge in [0.2, 0.25) is 0 Å². The topological polar surface area (TPSA) is 86.2 Å². The molecule has 2 heterocycles. The molecule has 1 N–H and O–H groups in total. The van der Waals surface area contributed by atoms with Gasteiger partial charge >= 0.3 is 5.97 Å². The quantitative estimate of drug-likeness (QED) is 0.590. The Bertz CT molecular complexity index is 1000. The van der Waals surface area contributed by atoms with Crippen LogP contribution in [0.2, 0.25) is 5.02 Å². The Kier molecular flexibility index (Phi) is 7.85. The van der Waals surface area contributed by atoms with Gasteiger partial charge in [0.25, 0.3) is 0 Å². The van der Waals surface area contributed by atoms with E-state index in [0.29, 0.717) is 16.5 Å². The molecule has 0 aliphatic rings. The lowest BCUT2D eigenvalue weighted by Gasteiger charge is -2.13. The van der Waals surface area contributed by atoms with Crippen molar-refractivity contribution in [2.45, 2.75) is 13.8 Å². The average molecular weight is 419 g/mol. The summed E-state index contributed by atoms with van der Waals surface area (Å²) in [6.45, 7) is 4.00. The third-order valence-corrected chi connectivity index (χ3v) is 3.86. The first-order chi connectivity index (χ1) is 14.0. The van der Waals surface area contributed by atoms with E-state index in [1.165, 1.54) is 51.0 Å². The molecule has 0 atom stereocenters. The lowest BCUT2D eigenvalue weighted by Crippen LogP contribution is -2.08. The molecule has 1 aromatic carbocycles. The van der Waals surface area contributed by atoms with Crippen LogP contribution < -0.4 is 10.1 Å². The second kappa shape index (κ2) is 10.3. The fraction of sp³-hybridized carbons (Fsp3) is 0.200. The number of nitrogens with zero attached hydrogens (tertiary/aromatic N) is 3. The van der Waals surface area contributed by atoms with E-state index in [0.717, 1.165) is 0 Å². The van der Waals surface area contributed by atoms with Crippen LogP contribution in [0.3, 0.4) is 0 Å². The maximum Gasteiger partial charge on any atom is 0.341 e. The molecule has 0 radical (unpaired) electrons. The van der Waals surface area contributed by atoms with Crippen molar-refractivity contribution in [2.24, 2.45) is 0 Å². The van der Waals surface area contributed by atoms with Crippen LogP contribution in [0.1, 0.15) is 24.2 Å². The number of halogens is 2. The summed E-state index contributed by atoms with van der Waals surface area (Å²) in [5.41, 5.74) is 0.735. The van der Waals surface area contributed by atoms with Crippen molar-refractivity contribution in [2.75, 3.05) is 19.5 Å². The van der Waals surface area contributed by atoms with Gasteiger partial charge in [-0.3, -0.25) is 4.98 Å². The molecule has 7 nitrogen and oxygen atoms in total. The molecular weight excluding hydrogens is 399 g/mol. The van der Waals surface area contributed by atoms with Gasteiger partial charge in [-0.2, -0.15) is 0 Å². The largest absolute Gasteiger partial charge is 0.491 e. The molecule has 0 saturated carbocycles. The number of nitrogens with one attached hydrogen (secondary N) is 1. The molecule has 2 aromatic heterocycles. The van der Waals surface area contributed by atoms with E-state index >= 15 is 0 Å². The van der Waals surface area contributed by atoms with E-state index in [1.807, 2.05) is 13.8 Å². The van der Waals surface area contributed by atoms with Gasteiger partial charge in [-0.25, -0.2) is 19.2 Å². The van der Waals surface area contributed by atoms with Crippen molar-refractivity contribution in [3.8, 4) is 17.1 Å². The van der Waals surface area contributed by atoms with Crippen molar-refractivity contribution in [3.05, 3.63) is 59.3 Å². The Labute approximate surface area is 172 Å². The van der Waals surface area contributed by atoms with Gasteiger partial charge in [-0.1, -0.05) is 25.4 Å². The van der Waals surface area contributed by atoms with Gasteiger partial charge in [0.05, 0.1) is 31.7 Å². The van der Waals surface area contributed by atoms with Gasteiger partial charge < -0.3 is 14.8 Å². The highest BCUT2D eigenvalue weighted by molar-refractivity contribution is 6.30. The van der Waals surface area contributed by atoms with E-state index in [9.17, 15) is 9.18 Å². The van der Waals surface area contributed by atoms with Crippen LogP contribution >= 0.6 is 11.6 Å². The summed E-state index contributed by atoms with van der Waals surface area (Å²) in [5.74, 6) is -0.451. The molecule has 29 heavy (non-hydrogen) atoms. The zero-order valence-electron chi connectivity index (χ0n) is 16.4. The molecule has 0 aliphatic heterocycles. The standard InChI is InChI=1S/C18H14ClFN4O3.C2H6/c1-26-15-9-22-16(11-7-10(19)3-4-13(11)20)24-17(15)23-14-5-6-21-8-12(14)18(25)27-2;1-2/h3-9H,1-2H3,(H,21,22,23,24);1-2H3. The van der Waals surface area contributed by atoms with E-state index in [4.69, 9.17) is 21.1 Å². The highest BCUT2D eigenvalue weighted by atomic mass is 35.5. The van der Waals surface area contributed by atoms with Crippen LogP contribution in [0.4, 0.5) is 15.9 Å². The molecule has 3 aromatic rings. The second-order valence-electron chi connectivity index (χ2n) is 5.27. The van der Waals surface area contributed by atoms with Crippen molar-refractivity contribution in [3.63, 3.8) is 0 Å². The number of anilines is 2. The van der Waals surface area contributed by atoms with Crippen molar-refractivity contribution in [1.29, 1.82) is 0 Å². The summed E-state index contributed by atoms with van der Waals surface area (Å²) in [6.07, 6.45) is 4.25. The third kappa shape index (κ3) is 5.17. The number of esters is 1. The average Bonchev–Trinajstić information content (AvgIpc) is 2.76. The number of pyridine rings is 1. The summed E-state index contributed by atoms with van der Waals surface area (Å²) in [4.78, 5) is 24.3. The molecule has 0 unspecified atom stereocenters. The number of rotatable bonds is 5. The van der Waals surface area contributed by atoms with Gasteiger partial charge in [0.15, 0.2) is 17.4 Å². The minimum Gasteiger partial charge on any atom is -0.491 e. The predicted octanol–water partition coefficient (Wildman–Crippen LogP) is 4.90. The number of carbonyl (C=O) groups excluding carboxylic acids is 1. The first kappa shape index (κ1) is 22.0. The summed E-state index contributed by atoms with van der Waals surface area (Å²) in [5, 5.41) is 3.33. The Hall–Kier alpha value is -3.26. The molecular formula is C20H20ClFN4O3. The fourth-order valence-corrected chi connectivity index (χ4v) is 2.48. The normalized spacial score (nSPS) is 9.86. The predicted molar refractivity (Wildman–Crippen MR) is 109 cm³/mol. The van der Waals surface area contributed by atoms with Gasteiger partial charge in [0, 0.05) is 17.4 Å². The summed E-state index contributed by atoms with van der Waals surface area (Å²) in [6, 6.07) is 5.67. The number of aromatic nitrogens is 3. The Morgan fingerprint density at radius 3 is 2.62 bits per heavy atom. The molecule has 0 spiro atoms. The minimum atomic E-state index is -0.570. The molecule has 0 saturated heterocycles. The Balaban J connectivity index is 0.00000145. The molecule has 0 fully saturated rings. The van der Waals surface area contributed by atoms with Crippen LogP contribution in [0.15, 0.2) is 42.9 Å². The van der Waals surface area contributed by atoms with Crippen LogP contribution in [-0.4, -0.2) is 35.1 Å². The van der Waals surface area contributed by atoms with Crippen LogP contribution in [0.5, 0.6) is 5.75 Å². The number of ether oxygens (including phenoxy) is 2. The number of carbonyl (C=O) groups is 1. The maximum absolute atomic E-state index is 14.2. The SMILES string of the molecule is CC.COC(=O)c1cnccc1Nc1nc(-c2cc(Cl)ccc2F)ncc1OC. The summed E-state index contributed by atoms with van der Waals surface area (Å²) < 4.78 is 24.1. The second-order valence-corrected chi connectivity index (χ2v) is 5.71. The van der Waals surface area contributed by atoms with Gasteiger partial charge in [-0.05, 0) is 24.3 Å². The molecule has 3 rings (SSSR count). The monoisotopic (exact) mass is 418 g/mol. The van der Waals surface area contributed by atoms with Crippen LogP contribution in [0.25, 0.3) is 11.4 Å². The molecule has 0 amide bonds. The highest BCUT2D eigenvalue weighted by Gasteiger charge is 2.17. The van der Waals surface area contributed by atoms with Crippen LogP contribution in [-0.2, 0) is 4.74 Å². The zero-order valence-corrected chi connectivity index (χ0v) is 17.1. The molecule has 152 valence electrons. The smallest absolute Gasteiger partial charge is 0.341 e. The third-order valence-electron chi connectivity index (χ3n) is 3.62. The van der Waals surface area contributed by atoms with Gasteiger partial charge in [0.1, 0.15) is 11.4 Å². The van der Waals surface area contributed by atoms with E-state index in [2.05, 4.69) is 20.3 Å². The zero-order chi connectivity index (χ0) is 21.4. The number of hydrogen-bond acceptors (Lipinski definition) is 7. The van der Waals surface area contributed by atoms with E-state index in [1.54, 1.807) is 6.07 Å². The van der Waals surface area contributed by atoms with E-state index in [-0.39, 0.29) is 22.8 Å². The lowest BCUT2D eigenvalue weighted by atomic mass is 10.2. The van der Waals surface area contributed by atoms with Crippen molar-refractivity contribution < 1.29 is 18.7 Å². The number of benzene rings is 1. The first-order valence-electron chi connectivity index (χ1n) is 8.69. The number of hydrogen-bond donors (Lipinski definition) is 1. The lowest BCUT2D eigenvalue weighted by molar-refractivity contribution is 0.0601. The van der Waals surface area contributed by atoms with Gasteiger partial charge in [-0.15, -0.1) is 0 Å². The molecule has 0 bridgehead atoms.